The van der Waals surface area contributed by atoms with Gasteiger partial charge in [0.15, 0.2) is 0 Å². The predicted molar refractivity (Wildman–Crippen MR) is 98.6 cm³/mol. The first-order valence-corrected chi connectivity index (χ1v) is 9.19. The Balaban J connectivity index is 2.26. The monoisotopic (exact) mass is 302 g/mol. The zero-order chi connectivity index (χ0) is 16.1. The minimum absolute atomic E-state index is 0.588. The lowest BCUT2D eigenvalue weighted by Gasteiger charge is -2.38. The molecule has 22 heavy (non-hydrogen) atoms. The summed E-state index contributed by atoms with van der Waals surface area (Å²) < 4.78 is 0. The fraction of sp³-hybridized carbons (Fsp3) is 0.700. The highest BCUT2D eigenvalue weighted by molar-refractivity contribution is 5.69. The number of nitrogen functional groups attached to an aromatic ring is 1. The standard InChI is InChI=1S/C20H34N2/c1-5-16(4)17-11-12-20(19(21)13-17)22(14-15(2)3)18-9-7-6-8-10-18/h11-13,15-16,18H,5-10,14,21H2,1-4H3. The summed E-state index contributed by atoms with van der Waals surface area (Å²) in [6.07, 6.45) is 7.93. The van der Waals surface area contributed by atoms with Crippen molar-refractivity contribution in [1.82, 2.24) is 0 Å². The van der Waals surface area contributed by atoms with E-state index < -0.39 is 0 Å². The van der Waals surface area contributed by atoms with Crippen molar-refractivity contribution in [2.75, 3.05) is 17.2 Å². The fourth-order valence-corrected chi connectivity index (χ4v) is 3.61. The Labute approximate surface area is 137 Å². The minimum atomic E-state index is 0.588. The van der Waals surface area contributed by atoms with E-state index in [4.69, 9.17) is 5.73 Å². The van der Waals surface area contributed by atoms with Gasteiger partial charge in [0.05, 0.1) is 11.4 Å². The second kappa shape index (κ2) is 7.89. The molecule has 0 aromatic heterocycles. The van der Waals surface area contributed by atoms with Gasteiger partial charge in [-0.05, 0) is 48.8 Å². The van der Waals surface area contributed by atoms with Gasteiger partial charge >= 0.3 is 0 Å². The SMILES string of the molecule is CCC(C)c1ccc(N(CC(C)C)C2CCCCC2)c(N)c1. The molecule has 1 fully saturated rings. The van der Waals surface area contributed by atoms with Crippen molar-refractivity contribution in [1.29, 1.82) is 0 Å². The molecule has 0 saturated heterocycles. The normalized spacial score (nSPS) is 17.7. The summed E-state index contributed by atoms with van der Waals surface area (Å²) in [5.74, 6) is 1.25. The molecule has 1 aromatic rings. The molecule has 2 nitrogen and oxygen atoms in total. The molecule has 1 aromatic carbocycles. The maximum Gasteiger partial charge on any atom is 0.0602 e. The van der Waals surface area contributed by atoms with Gasteiger partial charge < -0.3 is 10.6 Å². The van der Waals surface area contributed by atoms with Gasteiger partial charge in [-0.1, -0.05) is 53.0 Å². The molecule has 1 unspecified atom stereocenters. The van der Waals surface area contributed by atoms with Crippen molar-refractivity contribution in [2.45, 2.75) is 78.2 Å². The van der Waals surface area contributed by atoms with E-state index in [2.05, 4.69) is 50.8 Å². The number of anilines is 2. The molecular formula is C20H34N2. The largest absolute Gasteiger partial charge is 0.397 e. The Hall–Kier alpha value is -1.18. The number of benzene rings is 1. The van der Waals surface area contributed by atoms with Crippen molar-refractivity contribution in [2.24, 2.45) is 5.92 Å². The van der Waals surface area contributed by atoms with Gasteiger partial charge in [-0.2, -0.15) is 0 Å². The van der Waals surface area contributed by atoms with E-state index in [1.165, 1.54) is 43.4 Å². The average Bonchev–Trinajstić information content (AvgIpc) is 2.52. The molecule has 1 aliphatic carbocycles. The Morgan fingerprint density at radius 2 is 1.82 bits per heavy atom. The molecule has 2 N–H and O–H groups in total. The van der Waals surface area contributed by atoms with Crippen molar-refractivity contribution in [3.8, 4) is 0 Å². The minimum Gasteiger partial charge on any atom is -0.397 e. The topological polar surface area (TPSA) is 29.3 Å². The molecule has 2 heteroatoms. The summed E-state index contributed by atoms with van der Waals surface area (Å²) in [4.78, 5) is 2.60. The summed E-state index contributed by atoms with van der Waals surface area (Å²) in [6, 6.07) is 7.44. The summed E-state index contributed by atoms with van der Waals surface area (Å²) in [5, 5.41) is 0. The van der Waals surface area contributed by atoms with Gasteiger partial charge in [0.25, 0.3) is 0 Å². The van der Waals surface area contributed by atoms with Crippen LogP contribution in [0.5, 0.6) is 0 Å². The van der Waals surface area contributed by atoms with Crippen LogP contribution < -0.4 is 10.6 Å². The van der Waals surface area contributed by atoms with Gasteiger partial charge in [0, 0.05) is 12.6 Å². The molecule has 1 aliphatic rings. The van der Waals surface area contributed by atoms with Crippen LogP contribution in [0.2, 0.25) is 0 Å². The number of nitrogens with two attached hydrogens (primary N) is 1. The second-order valence-corrected chi connectivity index (χ2v) is 7.47. The van der Waals surface area contributed by atoms with Crippen LogP contribution in [0.25, 0.3) is 0 Å². The zero-order valence-electron chi connectivity index (χ0n) is 14.9. The molecule has 1 saturated carbocycles. The maximum atomic E-state index is 6.46. The van der Waals surface area contributed by atoms with Crippen molar-refractivity contribution in [3.05, 3.63) is 23.8 Å². The summed E-state index contributed by atoms with van der Waals surface area (Å²) >= 11 is 0. The second-order valence-electron chi connectivity index (χ2n) is 7.47. The molecule has 124 valence electrons. The summed E-state index contributed by atoms with van der Waals surface area (Å²) in [7, 11) is 0. The van der Waals surface area contributed by atoms with E-state index in [9.17, 15) is 0 Å². The Bertz CT molecular complexity index is 461. The molecule has 2 rings (SSSR count). The van der Waals surface area contributed by atoms with Crippen LogP contribution >= 0.6 is 0 Å². The first kappa shape index (κ1) is 17.2. The van der Waals surface area contributed by atoms with Gasteiger partial charge in [-0.3, -0.25) is 0 Å². The quantitative estimate of drug-likeness (QED) is 0.695. The van der Waals surface area contributed by atoms with Gasteiger partial charge in [-0.25, -0.2) is 0 Å². The van der Waals surface area contributed by atoms with Crippen LogP contribution in [0, 0.1) is 5.92 Å². The molecule has 0 bridgehead atoms. The summed E-state index contributed by atoms with van der Waals surface area (Å²) in [6.45, 7) is 10.2. The van der Waals surface area contributed by atoms with Gasteiger partial charge in [0.1, 0.15) is 0 Å². The van der Waals surface area contributed by atoms with Crippen LogP contribution in [0.15, 0.2) is 18.2 Å². The van der Waals surface area contributed by atoms with Crippen molar-refractivity contribution < 1.29 is 0 Å². The third kappa shape index (κ3) is 4.18. The highest BCUT2D eigenvalue weighted by Gasteiger charge is 2.23. The van der Waals surface area contributed by atoms with E-state index in [0.717, 1.165) is 18.7 Å². The molecule has 0 spiro atoms. The summed E-state index contributed by atoms with van der Waals surface area (Å²) in [5.41, 5.74) is 10.0. The number of rotatable bonds is 6. The molecule has 1 atom stereocenters. The molecular weight excluding hydrogens is 268 g/mol. The molecule has 0 amide bonds. The van der Waals surface area contributed by atoms with E-state index in [-0.39, 0.29) is 0 Å². The lowest BCUT2D eigenvalue weighted by molar-refractivity contribution is 0.401. The molecule has 0 heterocycles. The van der Waals surface area contributed by atoms with Crippen LogP contribution in [0.4, 0.5) is 11.4 Å². The lowest BCUT2D eigenvalue weighted by Crippen LogP contribution is -2.39. The first-order chi connectivity index (χ1) is 10.5. The van der Waals surface area contributed by atoms with Crippen molar-refractivity contribution in [3.63, 3.8) is 0 Å². The van der Waals surface area contributed by atoms with Crippen LogP contribution in [-0.4, -0.2) is 12.6 Å². The van der Waals surface area contributed by atoms with Crippen LogP contribution in [-0.2, 0) is 0 Å². The fourth-order valence-electron chi connectivity index (χ4n) is 3.61. The Kier molecular flexibility index (Phi) is 6.16. The molecule has 0 radical (unpaired) electrons. The smallest absolute Gasteiger partial charge is 0.0602 e. The highest BCUT2D eigenvalue weighted by atomic mass is 15.2. The Morgan fingerprint density at radius 3 is 2.36 bits per heavy atom. The van der Waals surface area contributed by atoms with E-state index in [0.29, 0.717) is 17.9 Å². The number of hydrogen-bond acceptors (Lipinski definition) is 2. The van der Waals surface area contributed by atoms with Crippen LogP contribution in [0.3, 0.4) is 0 Å². The van der Waals surface area contributed by atoms with E-state index >= 15 is 0 Å². The first-order valence-electron chi connectivity index (χ1n) is 9.19. The van der Waals surface area contributed by atoms with Gasteiger partial charge in [-0.15, -0.1) is 0 Å². The predicted octanol–water partition coefficient (Wildman–Crippen LogP) is 5.58. The third-order valence-corrected chi connectivity index (χ3v) is 5.12. The van der Waals surface area contributed by atoms with E-state index in [1.54, 1.807) is 0 Å². The molecule has 0 aliphatic heterocycles. The maximum absolute atomic E-state index is 6.46. The highest BCUT2D eigenvalue weighted by Crippen LogP contribution is 2.34. The van der Waals surface area contributed by atoms with Crippen LogP contribution in [0.1, 0.15) is 77.7 Å². The number of hydrogen-bond donors (Lipinski definition) is 1. The Morgan fingerprint density at radius 1 is 1.14 bits per heavy atom. The zero-order valence-corrected chi connectivity index (χ0v) is 14.9. The third-order valence-electron chi connectivity index (χ3n) is 5.12. The van der Waals surface area contributed by atoms with E-state index in [1.807, 2.05) is 0 Å². The van der Waals surface area contributed by atoms with Gasteiger partial charge in [0.2, 0.25) is 0 Å². The lowest BCUT2D eigenvalue weighted by atomic mass is 9.92. The average molecular weight is 303 g/mol. The van der Waals surface area contributed by atoms with Crippen molar-refractivity contribution >= 4 is 11.4 Å². The number of nitrogens with zero attached hydrogens (tertiary/aromatic N) is 1.